The molecule has 0 aliphatic heterocycles. The summed E-state index contributed by atoms with van der Waals surface area (Å²) in [7, 11) is 0. The van der Waals surface area contributed by atoms with Crippen LogP contribution >= 0.6 is 15.9 Å². The maximum Gasteiger partial charge on any atom is 0.330 e. The van der Waals surface area contributed by atoms with Crippen molar-refractivity contribution >= 4 is 34.2 Å². The molecule has 1 aromatic rings. The highest BCUT2D eigenvalue weighted by Crippen LogP contribution is 2.21. The van der Waals surface area contributed by atoms with E-state index in [2.05, 4.69) is 22.5 Å². The first-order valence-electron chi connectivity index (χ1n) is 5.80. The Morgan fingerprint density at radius 3 is 2.65 bits per heavy atom. The zero-order chi connectivity index (χ0) is 15.1. The highest BCUT2D eigenvalue weighted by molar-refractivity contribution is 9.10. The van der Waals surface area contributed by atoms with Crippen LogP contribution in [0.25, 0.3) is 0 Å². The van der Waals surface area contributed by atoms with E-state index in [9.17, 15) is 14.4 Å². The van der Waals surface area contributed by atoms with Crippen molar-refractivity contribution in [2.45, 2.75) is 19.3 Å². The van der Waals surface area contributed by atoms with Gasteiger partial charge in [-0.1, -0.05) is 22.5 Å². The van der Waals surface area contributed by atoms with E-state index in [-0.39, 0.29) is 24.2 Å². The largest absolute Gasteiger partial charge is 0.478 e. The third kappa shape index (κ3) is 4.97. The molecule has 20 heavy (non-hydrogen) atoms. The summed E-state index contributed by atoms with van der Waals surface area (Å²) in [5, 5.41) is 8.61. The van der Waals surface area contributed by atoms with Gasteiger partial charge in [-0.25, -0.2) is 4.79 Å². The Labute approximate surface area is 124 Å². The molecular formula is C14H13BrO5. The van der Waals surface area contributed by atoms with Crippen LogP contribution in [-0.2, 0) is 9.59 Å². The Balaban J connectivity index is 2.48. The van der Waals surface area contributed by atoms with E-state index in [0.29, 0.717) is 22.7 Å². The van der Waals surface area contributed by atoms with Gasteiger partial charge in [-0.2, -0.15) is 0 Å². The maximum atomic E-state index is 11.5. The fourth-order valence-corrected chi connectivity index (χ4v) is 1.75. The molecule has 1 aromatic carbocycles. The van der Waals surface area contributed by atoms with Crippen LogP contribution in [0.5, 0.6) is 5.75 Å². The second kappa shape index (κ2) is 7.59. The first-order chi connectivity index (χ1) is 9.43. The first kappa shape index (κ1) is 16.1. The van der Waals surface area contributed by atoms with Crippen molar-refractivity contribution < 1.29 is 24.2 Å². The summed E-state index contributed by atoms with van der Waals surface area (Å²) >= 11 is 3.19. The third-order valence-electron chi connectivity index (χ3n) is 2.49. The van der Waals surface area contributed by atoms with Crippen molar-refractivity contribution in [3.63, 3.8) is 0 Å². The molecule has 0 saturated carbocycles. The summed E-state index contributed by atoms with van der Waals surface area (Å²) in [6.07, 6.45) is 1.31. The topological polar surface area (TPSA) is 80.7 Å². The number of hydrogen-bond acceptors (Lipinski definition) is 4. The highest BCUT2D eigenvalue weighted by atomic mass is 79.9. The standard InChI is InChI=1S/C14H13BrO5/c1-9(14(18)19)3-2-4-13(17)20-11-5-6-12(15)10(7-11)8-16/h5-8H,1-4H2,(H,18,19). The fraction of sp³-hybridized carbons (Fsp3) is 0.214. The van der Waals surface area contributed by atoms with Crippen LogP contribution in [0.4, 0.5) is 0 Å². The zero-order valence-electron chi connectivity index (χ0n) is 10.6. The number of carbonyl (C=O) groups is 3. The summed E-state index contributed by atoms with van der Waals surface area (Å²) in [6.45, 7) is 3.37. The van der Waals surface area contributed by atoms with Crippen molar-refractivity contribution in [2.24, 2.45) is 0 Å². The Hall–Kier alpha value is -1.95. The second-order valence-electron chi connectivity index (χ2n) is 4.04. The summed E-state index contributed by atoms with van der Waals surface area (Å²) in [6, 6.07) is 4.62. The summed E-state index contributed by atoms with van der Waals surface area (Å²) in [5.41, 5.74) is 0.444. The van der Waals surface area contributed by atoms with Crippen LogP contribution in [0.3, 0.4) is 0 Å². The van der Waals surface area contributed by atoms with E-state index < -0.39 is 11.9 Å². The predicted molar refractivity (Wildman–Crippen MR) is 75.8 cm³/mol. The van der Waals surface area contributed by atoms with E-state index in [0.717, 1.165) is 0 Å². The van der Waals surface area contributed by atoms with Crippen molar-refractivity contribution in [2.75, 3.05) is 0 Å². The zero-order valence-corrected chi connectivity index (χ0v) is 12.2. The van der Waals surface area contributed by atoms with Crippen LogP contribution in [0, 0.1) is 0 Å². The lowest BCUT2D eigenvalue weighted by molar-refractivity contribution is -0.135. The van der Waals surface area contributed by atoms with Crippen LogP contribution in [-0.4, -0.2) is 23.3 Å². The third-order valence-corrected chi connectivity index (χ3v) is 3.21. The van der Waals surface area contributed by atoms with Gasteiger partial charge in [0.15, 0.2) is 6.29 Å². The van der Waals surface area contributed by atoms with Gasteiger partial charge in [0.1, 0.15) is 5.75 Å². The van der Waals surface area contributed by atoms with E-state index in [1.165, 1.54) is 6.07 Å². The van der Waals surface area contributed by atoms with Gasteiger partial charge in [0.2, 0.25) is 0 Å². The molecule has 1 N–H and O–H groups in total. The van der Waals surface area contributed by atoms with E-state index in [4.69, 9.17) is 9.84 Å². The molecule has 0 amide bonds. The summed E-state index contributed by atoms with van der Waals surface area (Å²) in [5.74, 6) is -1.28. The molecule has 0 aliphatic carbocycles. The van der Waals surface area contributed by atoms with Gasteiger partial charge < -0.3 is 9.84 Å². The SMILES string of the molecule is C=C(CCCC(=O)Oc1ccc(Br)c(C=O)c1)C(=O)O. The quantitative estimate of drug-likeness (QED) is 0.357. The van der Waals surface area contributed by atoms with Crippen LogP contribution in [0.2, 0.25) is 0 Å². The van der Waals surface area contributed by atoms with Crippen molar-refractivity contribution in [3.05, 3.63) is 40.4 Å². The lowest BCUT2D eigenvalue weighted by atomic mass is 10.1. The summed E-state index contributed by atoms with van der Waals surface area (Å²) in [4.78, 5) is 32.8. The molecule has 0 spiro atoms. The molecule has 0 fully saturated rings. The number of carbonyl (C=O) groups excluding carboxylic acids is 2. The molecule has 0 saturated heterocycles. The molecule has 0 bridgehead atoms. The van der Waals surface area contributed by atoms with Crippen molar-refractivity contribution in [1.29, 1.82) is 0 Å². The summed E-state index contributed by atoms with van der Waals surface area (Å²) < 4.78 is 5.67. The fourth-order valence-electron chi connectivity index (χ4n) is 1.41. The molecule has 1 rings (SSSR count). The number of carboxylic acids is 1. The number of rotatable bonds is 7. The minimum Gasteiger partial charge on any atom is -0.478 e. The molecule has 0 aromatic heterocycles. The number of aliphatic carboxylic acids is 1. The van der Waals surface area contributed by atoms with Crippen molar-refractivity contribution in [3.8, 4) is 5.75 Å². The normalized spacial score (nSPS) is 9.85. The Bertz CT molecular complexity index is 550. The number of carboxylic acid groups (broad SMARTS) is 1. The Morgan fingerprint density at radius 1 is 1.35 bits per heavy atom. The number of esters is 1. The van der Waals surface area contributed by atoms with Crippen LogP contribution < -0.4 is 4.74 Å². The molecule has 0 atom stereocenters. The molecular weight excluding hydrogens is 328 g/mol. The molecule has 0 aliphatic rings. The first-order valence-corrected chi connectivity index (χ1v) is 6.60. The average molecular weight is 341 g/mol. The van der Waals surface area contributed by atoms with Gasteiger partial charge in [0.25, 0.3) is 0 Å². The second-order valence-corrected chi connectivity index (χ2v) is 4.89. The average Bonchev–Trinajstić information content (AvgIpc) is 2.40. The smallest absolute Gasteiger partial charge is 0.330 e. The minimum absolute atomic E-state index is 0.0599. The van der Waals surface area contributed by atoms with Crippen molar-refractivity contribution in [1.82, 2.24) is 0 Å². The molecule has 0 unspecified atom stereocenters. The maximum absolute atomic E-state index is 11.5. The van der Waals surface area contributed by atoms with E-state index in [1.807, 2.05) is 0 Å². The van der Waals surface area contributed by atoms with Crippen LogP contribution in [0.15, 0.2) is 34.8 Å². The van der Waals surface area contributed by atoms with E-state index >= 15 is 0 Å². The Morgan fingerprint density at radius 2 is 2.05 bits per heavy atom. The van der Waals surface area contributed by atoms with Gasteiger partial charge >= 0.3 is 11.9 Å². The predicted octanol–water partition coefficient (Wildman–Crippen LogP) is 2.98. The number of aldehydes is 1. The Kier molecular flexibility index (Phi) is 6.11. The highest BCUT2D eigenvalue weighted by Gasteiger charge is 2.09. The number of hydrogen-bond donors (Lipinski definition) is 1. The van der Waals surface area contributed by atoms with Gasteiger partial charge in [-0.3, -0.25) is 9.59 Å². The lowest BCUT2D eigenvalue weighted by Crippen LogP contribution is -2.08. The number of benzene rings is 1. The van der Waals surface area contributed by atoms with Gasteiger partial charge in [-0.15, -0.1) is 0 Å². The van der Waals surface area contributed by atoms with E-state index in [1.54, 1.807) is 12.1 Å². The van der Waals surface area contributed by atoms with Crippen LogP contribution in [0.1, 0.15) is 29.6 Å². The molecule has 5 nitrogen and oxygen atoms in total. The molecule has 0 heterocycles. The number of halogens is 1. The van der Waals surface area contributed by atoms with Gasteiger partial charge in [-0.05, 0) is 31.0 Å². The van der Waals surface area contributed by atoms with Gasteiger partial charge in [0, 0.05) is 22.0 Å². The minimum atomic E-state index is -1.07. The monoisotopic (exact) mass is 340 g/mol. The lowest BCUT2D eigenvalue weighted by Gasteiger charge is -2.05. The molecule has 6 heteroatoms. The van der Waals surface area contributed by atoms with Gasteiger partial charge in [0.05, 0.1) is 0 Å². The molecule has 106 valence electrons. The number of ether oxygens (including phenoxy) is 1. The molecule has 0 radical (unpaired) electrons.